The maximum atomic E-state index is 13.4. The van der Waals surface area contributed by atoms with Gasteiger partial charge in [-0.2, -0.15) is 22.0 Å². The fourth-order valence-corrected chi connectivity index (χ4v) is 6.58. The van der Waals surface area contributed by atoms with Gasteiger partial charge in [-0.25, -0.2) is 4.98 Å². The minimum absolute atomic E-state index is 0.00675. The van der Waals surface area contributed by atoms with Crippen LogP contribution in [0.5, 0.6) is 11.5 Å². The zero-order chi connectivity index (χ0) is 27.0. The Hall–Kier alpha value is -2.99. The standard InChI is InChI=1S/C26H26F5N3O3S/c1-36-20-10-14(8-9-19(20)37-25(27)28)24(35)32-15-11-16-4-2-5-17(12-15)34(16)13-22-33-23-18(26(29,30)31)6-3-7-21(23)38-22/h3,6-10,15-17,25H,2,4-5,11-13H2,1H3,(H,32,35). The number of benzene rings is 2. The van der Waals surface area contributed by atoms with Gasteiger partial charge in [0.1, 0.15) is 5.01 Å². The SMILES string of the molecule is COc1cc(C(=O)NC2CC3CCCC(C2)N3Cc2nc3c(C(F)(F)F)cccc3s2)ccc1OC(F)F. The first-order valence-electron chi connectivity index (χ1n) is 12.3. The van der Waals surface area contributed by atoms with E-state index in [1.165, 1.54) is 42.7 Å². The summed E-state index contributed by atoms with van der Waals surface area (Å²) >= 11 is 1.29. The Morgan fingerprint density at radius 1 is 1.16 bits per heavy atom. The molecule has 2 atom stereocenters. The number of ether oxygens (including phenoxy) is 2. The minimum Gasteiger partial charge on any atom is -0.493 e. The summed E-state index contributed by atoms with van der Waals surface area (Å²) in [6.45, 7) is -2.54. The van der Waals surface area contributed by atoms with Crippen molar-refractivity contribution in [3.05, 3.63) is 52.5 Å². The van der Waals surface area contributed by atoms with Gasteiger partial charge in [0.25, 0.3) is 5.91 Å². The van der Waals surface area contributed by atoms with Crippen LogP contribution in [0.1, 0.15) is 53.0 Å². The van der Waals surface area contributed by atoms with Gasteiger partial charge in [-0.3, -0.25) is 9.69 Å². The number of nitrogens with one attached hydrogen (secondary N) is 1. The number of carbonyl (C=O) groups is 1. The average molecular weight is 556 g/mol. The molecule has 2 saturated heterocycles. The lowest BCUT2D eigenvalue weighted by molar-refractivity contribution is -0.136. The maximum absolute atomic E-state index is 13.4. The summed E-state index contributed by atoms with van der Waals surface area (Å²) in [7, 11) is 1.31. The quantitative estimate of drug-likeness (QED) is 0.350. The van der Waals surface area contributed by atoms with Crippen LogP contribution in [0.4, 0.5) is 22.0 Å². The summed E-state index contributed by atoms with van der Waals surface area (Å²) in [5, 5.41) is 3.70. The van der Waals surface area contributed by atoms with Crippen molar-refractivity contribution in [1.82, 2.24) is 15.2 Å². The maximum Gasteiger partial charge on any atom is 0.418 e. The Balaban J connectivity index is 1.27. The van der Waals surface area contributed by atoms with E-state index in [-0.39, 0.29) is 46.6 Å². The van der Waals surface area contributed by atoms with Crippen molar-refractivity contribution in [3.8, 4) is 11.5 Å². The molecule has 1 aromatic heterocycles. The molecule has 2 aliphatic heterocycles. The molecule has 204 valence electrons. The number of hydrogen-bond acceptors (Lipinski definition) is 6. The van der Waals surface area contributed by atoms with Gasteiger partial charge in [0.2, 0.25) is 0 Å². The lowest BCUT2D eigenvalue weighted by atomic mass is 9.81. The summed E-state index contributed by atoms with van der Waals surface area (Å²) < 4.78 is 75.5. The van der Waals surface area contributed by atoms with Crippen LogP contribution >= 0.6 is 11.3 Å². The van der Waals surface area contributed by atoms with Gasteiger partial charge in [-0.15, -0.1) is 11.3 Å². The first-order chi connectivity index (χ1) is 18.1. The predicted molar refractivity (Wildman–Crippen MR) is 132 cm³/mol. The number of nitrogens with zero attached hydrogens (tertiary/aromatic N) is 2. The molecule has 0 radical (unpaired) electrons. The zero-order valence-corrected chi connectivity index (χ0v) is 21.2. The molecule has 12 heteroatoms. The highest BCUT2D eigenvalue weighted by atomic mass is 32.1. The van der Waals surface area contributed by atoms with Gasteiger partial charge in [0.05, 0.1) is 29.4 Å². The number of amides is 1. The number of methoxy groups -OCH3 is 1. The monoisotopic (exact) mass is 555 g/mol. The Bertz CT molecular complexity index is 1300. The van der Waals surface area contributed by atoms with Crippen molar-refractivity contribution in [2.75, 3.05) is 7.11 Å². The van der Waals surface area contributed by atoms with E-state index in [9.17, 15) is 26.7 Å². The summed E-state index contributed by atoms with van der Waals surface area (Å²) in [4.78, 5) is 19.6. The van der Waals surface area contributed by atoms with E-state index in [4.69, 9.17) is 4.74 Å². The van der Waals surface area contributed by atoms with Crippen LogP contribution in [0, 0.1) is 0 Å². The largest absolute Gasteiger partial charge is 0.493 e. The number of thiazole rings is 1. The second-order valence-corrected chi connectivity index (χ2v) is 10.7. The first-order valence-corrected chi connectivity index (χ1v) is 13.1. The number of piperidine rings is 2. The first kappa shape index (κ1) is 26.6. The van der Waals surface area contributed by atoms with Crippen LogP contribution in [-0.4, -0.2) is 47.6 Å². The normalized spacial score (nSPS) is 22.0. The molecule has 6 nitrogen and oxygen atoms in total. The lowest BCUT2D eigenvalue weighted by Gasteiger charge is -2.48. The predicted octanol–water partition coefficient (Wildman–Crippen LogP) is 6.24. The Morgan fingerprint density at radius 2 is 1.89 bits per heavy atom. The van der Waals surface area contributed by atoms with E-state index in [1.54, 1.807) is 6.07 Å². The van der Waals surface area contributed by atoms with Crippen LogP contribution in [0.3, 0.4) is 0 Å². The molecular weight excluding hydrogens is 529 g/mol. The van der Waals surface area contributed by atoms with Crippen molar-refractivity contribution in [2.24, 2.45) is 0 Å². The molecule has 3 aromatic rings. The minimum atomic E-state index is -4.46. The fraction of sp³-hybridized carbons (Fsp3) is 0.462. The van der Waals surface area contributed by atoms with Gasteiger partial charge >= 0.3 is 12.8 Å². The lowest BCUT2D eigenvalue weighted by Crippen LogP contribution is -2.56. The van der Waals surface area contributed by atoms with E-state index in [0.717, 1.165) is 25.3 Å². The van der Waals surface area contributed by atoms with Crippen molar-refractivity contribution >= 4 is 27.5 Å². The molecule has 0 saturated carbocycles. The smallest absolute Gasteiger partial charge is 0.418 e. The molecule has 0 aliphatic carbocycles. The third kappa shape index (κ3) is 5.56. The van der Waals surface area contributed by atoms with Crippen LogP contribution in [-0.2, 0) is 12.7 Å². The number of carbonyl (C=O) groups excluding carboxylic acids is 1. The van der Waals surface area contributed by atoms with Gasteiger partial charge in [0, 0.05) is 23.7 Å². The number of aromatic nitrogens is 1. The summed E-state index contributed by atoms with van der Waals surface area (Å²) in [5.41, 5.74) is -0.455. The Labute approximate surface area is 219 Å². The molecule has 2 bridgehead atoms. The Kier molecular flexibility index (Phi) is 7.45. The van der Waals surface area contributed by atoms with Crippen LogP contribution in [0.2, 0.25) is 0 Å². The fourth-order valence-electron chi connectivity index (χ4n) is 5.57. The second kappa shape index (κ2) is 10.6. The molecule has 3 heterocycles. The average Bonchev–Trinajstić information content (AvgIpc) is 3.26. The molecule has 2 aromatic carbocycles. The molecule has 1 amide bonds. The van der Waals surface area contributed by atoms with Crippen molar-refractivity contribution in [3.63, 3.8) is 0 Å². The molecule has 38 heavy (non-hydrogen) atoms. The number of para-hydroxylation sites is 1. The molecule has 1 N–H and O–H groups in total. The molecule has 2 unspecified atom stereocenters. The molecule has 2 fully saturated rings. The Morgan fingerprint density at radius 3 is 2.55 bits per heavy atom. The van der Waals surface area contributed by atoms with E-state index in [0.29, 0.717) is 29.1 Å². The van der Waals surface area contributed by atoms with E-state index < -0.39 is 18.4 Å². The van der Waals surface area contributed by atoms with Crippen LogP contribution < -0.4 is 14.8 Å². The molecular formula is C26H26F5N3O3S. The topological polar surface area (TPSA) is 63.7 Å². The highest BCUT2D eigenvalue weighted by Gasteiger charge is 2.39. The summed E-state index contributed by atoms with van der Waals surface area (Å²) in [6, 6.07) is 8.42. The third-order valence-electron chi connectivity index (χ3n) is 7.19. The molecule has 5 rings (SSSR count). The van der Waals surface area contributed by atoms with Crippen molar-refractivity contribution in [1.29, 1.82) is 0 Å². The number of fused-ring (bicyclic) bond motifs is 3. The number of halogens is 5. The number of hydrogen-bond donors (Lipinski definition) is 1. The third-order valence-corrected chi connectivity index (χ3v) is 8.19. The van der Waals surface area contributed by atoms with Gasteiger partial charge < -0.3 is 14.8 Å². The van der Waals surface area contributed by atoms with Crippen molar-refractivity contribution in [2.45, 2.75) is 69.6 Å². The number of rotatable bonds is 7. The van der Waals surface area contributed by atoms with Crippen LogP contribution in [0.15, 0.2) is 36.4 Å². The summed E-state index contributed by atoms with van der Waals surface area (Å²) in [6.07, 6.45) is -0.162. The highest BCUT2D eigenvalue weighted by molar-refractivity contribution is 7.18. The van der Waals surface area contributed by atoms with E-state index in [2.05, 4.69) is 19.9 Å². The second-order valence-electron chi connectivity index (χ2n) is 9.55. The van der Waals surface area contributed by atoms with E-state index >= 15 is 0 Å². The van der Waals surface area contributed by atoms with Gasteiger partial charge in [-0.05, 0) is 56.0 Å². The zero-order valence-electron chi connectivity index (χ0n) is 20.4. The highest BCUT2D eigenvalue weighted by Crippen LogP contribution is 2.39. The van der Waals surface area contributed by atoms with Gasteiger partial charge in [-0.1, -0.05) is 12.5 Å². The summed E-state index contributed by atoms with van der Waals surface area (Å²) in [5.74, 6) is -0.456. The van der Waals surface area contributed by atoms with E-state index in [1.807, 2.05) is 0 Å². The number of alkyl halides is 5. The van der Waals surface area contributed by atoms with Gasteiger partial charge in [0.15, 0.2) is 11.5 Å². The van der Waals surface area contributed by atoms with Crippen LogP contribution in [0.25, 0.3) is 10.2 Å². The molecule has 0 spiro atoms. The molecule has 2 aliphatic rings. The van der Waals surface area contributed by atoms with Crippen molar-refractivity contribution < 1.29 is 36.2 Å².